The van der Waals surface area contributed by atoms with Crippen LogP contribution in [0.1, 0.15) is 15.9 Å². The van der Waals surface area contributed by atoms with Crippen LogP contribution < -0.4 is 14.8 Å². The van der Waals surface area contributed by atoms with Gasteiger partial charge in [0.1, 0.15) is 5.75 Å². The second kappa shape index (κ2) is 8.55. The molecule has 0 unspecified atom stereocenters. The Morgan fingerprint density at radius 3 is 2.14 bits per heavy atom. The highest BCUT2D eigenvalue weighted by molar-refractivity contribution is 7.92. The van der Waals surface area contributed by atoms with Gasteiger partial charge in [-0.3, -0.25) is 9.52 Å². The maximum atomic E-state index is 12.4. The zero-order valence-electron chi connectivity index (χ0n) is 15.8. The third kappa shape index (κ3) is 5.07. The Morgan fingerprint density at radius 2 is 1.55 bits per heavy atom. The first-order chi connectivity index (χ1) is 13.8. The number of hydrogen-bond donors (Lipinski definition) is 2. The maximum Gasteiger partial charge on any atom is 0.261 e. The predicted octanol–water partition coefficient (Wildman–Crippen LogP) is 4.71. The van der Waals surface area contributed by atoms with E-state index in [2.05, 4.69) is 10.0 Å². The van der Waals surface area contributed by atoms with Crippen molar-refractivity contribution in [2.75, 3.05) is 17.1 Å². The van der Waals surface area contributed by atoms with E-state index in [9.17, 15) is 13.2 Å². The number of aryl methyl sites for hydroxylation is 1. The van der Waals surface area contributed by atoms with Crippen molar-refractivity contribution in [3.05, 3.63) is 82.9 Å². The molecule has 29 heavy (non-hydrogen) atoms. The predicted molar refractivity (Wildman–Crippen MR) is 114 cm³/mol. The first kappa shape index (κ1) is 20.7. The smallest absolute Gasteiger partial charge is 0.261 e. The van der Waals surface area contributed by atoms with Crippen molar-refractivity contribution in [1.29, 1.82) is 0 Å². The molecular formula is C21H19ClN2O4S. The molecule has 0 radical (unpaired) electrons. The maximum absolute atomic E-state index is 12.4. The van der Waals surface area contributed by atoms with Gasteiger partial charge in [-0.05, 0) is 61.5 Å². The Morgan fingerprint density at radius 1 is 0.931 bits per heavy atom. The molecule has 0 fully saturated rings. The first-order valence-electron chi connectivity index (χ1n) is 8.63. The molecule has 0 aliphatic heterocycles. The molecule has 0 atom stereocenters. The molecule has 6 nitrogen and oxygen atoms in total. The third-order valence-corrected chi connectivity index (χ3v) is 5.83. The van der Waals surface area contributed by atoms with Crippen LogP contribution in [0.25, 0.3) is 0 Å². The molecule has 3 aromatic carbocycles. The van der Waals surface area contributed by atoms with E-state index in [0.29, 0.717) is 27.7 Å². The molecule has 0 aliphatic carbocycles. The summed E-state index contributed by atoms with van der Waals surface area (Å²) in [4.78, 5) is 12.6. The lowest BCUT2D eigenvalue weighted by Crippen LogP contribution is -2.14. The Labute approximate surface area is 174 Å². The third-order valence-electron chi connectivity index (χ3n) is 4.14. The Bertz CT molecular complexity index is 1130. The van der Waals surface area contributed by atoms with Gasteiger partial charge in [-0.25, -0.2) is 8.42 Å². The first-order valence-corrected chi connectivity index (χ1v) is 10.5. The molecule has 150 valence electrons. The number of methoxy groups -OCH3 is 1. The molecule has 3 aromatic rings. The lowest BCUT2D eigenvalue weighted by Gasteiger charge is -2.10. The lowest BCUT2D eigenvalue weighted by atomic mass is 10.2. The van der Waals surface area contributed by atoms with Crippen molar-refractivity contribution < 1.29 is 17.9 Å². The molecule has 0 spiro atoms. The largest absolute Gasteiger partial charge is 0.495 e. The second-order valence-corrected chi connectivity index (χ2v) is 8.39. The molecular weight excluding hydrogens is 412 g/mol. The van der Waals surface area contributed by atoms with E-state index in [1.54, 1.807) is 42.5 Å². The van der Waals surface area contributed by atoms with Gasteiger partial charge in [-0.1, -0.05) is 29.3 Å². The zero-order valence-corrected chi connectivity index (χ0v) is 17.3. The molecule has 3 rings (SSSR count). The van der Waals surface area contributed by atoms with Crippen LogP contribution in [0.5, 0.6) is 5.75 Å². The molecule has 1 amide bonds. The van der Waals surface area contributed by atoms with E-state index in [0.717, 1.165) is 5.56 Å². The van der Waals surface area contributed by atoms with Gasteiger partial charge in [0.15, 0.2) is 0 Å². The summed E-state index contributed by atoms with van der Waals surface area (Å²) in [5.41, 5.74) is 2.22. The number of sulfonamides is 1. The number of anilines is 2. The molecule has 8 heteroatoms. The van der Waals surface area contributed by atoms with Crippen molar-refractivity contribution in [2.45, 2.75) is 11.8 Å². The fourth-order valence-corrected chi connectivity index (χ4v) is 3.88. The lowest BCUT2D eigenvalue weighted by molar-refractivity contribution is 0.102. The van der Waals surface area contributed by atoms with Gasteiger partial charge >= 0.3 is 0 Å². The van der Waals surface area contributed by atoms with Crippen LogP contribution in [0.2, 0.25) is 5.02 Å². The number of carbonyl (C=O) groups is 1. The average molecular weight is 431 g/mol. The van der Waals surface area contributed by atoms with Crippen molar-refractivity contribution in [3.8, 4) is 5.75 Å². The highest BCUT2D eigenvalue weighted by Gasteiger charge is 2.14. The Hall–Kier alpha value is -3.03. The minimum Gasteiger partial charge on any atom is -0.495 e. The van der Waals surface area contributed by atoms with Crippen LogP contribution in [-0.2, 0) is 10.0 Å². The fourth-order valence-electron chi connectivity index (χ4n) is 2.57. The van der Waals surface area contributed by atoms with Crippen LogP contribution in [0.15, 0.2) is 71.6 Å². The van der Waals surface area contributed by atoms with E-state index < -0.39 is 10.0 Å². The summed E-state index contributed by atoms with van der Waals surface area (Å²) in [6.45, 7) is 1.88. The summed E-state index contributed by atoms with van der Waals surface area (Å²) < 4.78 is 32.5. The summed E-state index contributed by atoms with van der Waals surface area (Å²) in [5.74, 6) is 0.161. The highest BCUT2D eigenvalue weighted by Crippen LogP contribution is 2.27. The molecule has 2 N–H and O–H groups in total. The van der Waals surface area contributed by atoms with Crippen LogP contribution >= 0.6 is 11.6 Å². The van der Waals surface area contributed by atoms with E-state index in [-0.39, 0.29) is 10.8 Å². The molecule has 0 aliphatic rings. The quantitative estimate of drug-likeness (QED) is 0.593. The van der Waals surface area contributed by atoms with E-state index in [4.69, 9.17) is 16.3 Å². The summed E-state index contributed by atoms with van der Waals surface area (Å²) >= 11 is 6.06. The van der Waals surface area contributed by atoms with Crippen molar-refractivity contribution in [1.82, 2.24) is 0 Å². The minimum atomic E-state index is -3.70. The molecule has 0 bridgehead atoms. The highest BCUT2D eigenvalue weighted by atomic mass is 35.5. The van der Waals surface area contributed by atoms with Crippen molar-refractivity contribution in [3.63, 3.8) is 0 Å². The average Bonchev–Trinajstić information content (AvgIpc) is 2.68. The number of ether oxygens (including phenoxy) is 1. The monoisotopic (exact) mass is 430 g/mol. The van der Waals surface area contributed by atoms with E-state index in [1.165, 1.54) is 31.4 Å². The number of nitrogens with one attached hydrogen (secondary N) is 2. The van der Waals surface area contributed by atoms with Gasteiger partial charge in [-0.15, -0.1) is 0 Å². The number of rotatable bonds is 6. The number of halogens is 1. The normalized spacial score (nSPS) is 11.0. The van der Waals surface area contributed by atoms with Crippen LogP contribution in [0.3, 0.4) is 0 Å². The summed E-state index contributed by atoms with van der Waals surface area (Å²) in [5, 5.41) is 3.11. The topological polar surface area (TPSA) is 84.5 Å². The van der Waals surface area contributed by atoms with E-state index >= 15 is 0 Å². The van der Waals surface area contributed by atoms with E-state index in [1.807, 2.05) is 6.92 Å². The number of hydrogen-bond acceptors (Lipinski definition) is 4. The number of carbonyl (C=O) groups excluding carboxylic acids is 1. The molecule has 0 saturated heterocycles. The number of benzene rings is 3. The SMILES string of the molecule is COc1ccc(NC(=O)c2ccc(NS(=O)(=O)c3ccc(C)cc3)cc2)cc1Cl. The van der Waals surface area contributed by atoms with Gasteiger partial charge < -0.3 is 10.1 Å². The van der Waals surface area contributed by atoms with Crippen LogP contribution in [-0.4, -0.2) is 21.4 Å². The van der Waals surface area contributed by atoms with Crippen molar-refractivity contribution >= 4 is 38.9 Å². The Kier molecular flexibility index (Phi) is 6.10. The van der Waals surface area contributed by atoms with Gasteiger partial charge in [-0.2, -0.15) is 0 Å². The molecule has 0 heterocycles. The fraction of sp³-hybridized carbons (Fsp3) is 0.0952. The Balaban J connectivity index is 1.70. The minimum absolute atomic E-state index is 0.168. The van der Waals surface area contributed by atoms with Crippen LogP contribution in [0.4, 0.5) is 11.4 Å². The summed E-state index contributed by atoms with van der Waals surface area (Å²) in [6.07, 6.45) is 0. The molecule has 0 saturated carbocycles. The second-order valence-electron chi connectivity index (χ2n) is 6.30. The standard InChI is InChI=1S/C21H19ClN2O4S/c1-14-3-10-18(11-4-14)29(26,27)24-16-7-5-15(6-8-16)21(25)23-17-9-12-20(28-2)19(22)13-17/h3-13,24H,1-2H3,(H,23,25). The van der Waals surface area contributed by atoms with Gasteiger partial charge in [0, 0.05) is 16.9 Å². The van der Waals surface area contributed by atoms with Crippen molar-refractivity contribution in [2.24, 2.45) is 0 Å². The van der Waals surface area contributed by atoms with Gasteiger partial charge in [0.25, 0.3) is 15.9 Å². The molecule has 0 aromatic heterocycles. The summed E-state index contributed by atoms with van der Waals surface area (Å²) in [7, 11) is -2.19. The number of amides is 1. The summed E-state index contributed by atoms with van der Waals surface area (Å²) in [6, 6.07) is 17.6. The van der Waals surface area contributed by atoms with Gasteiger partial charge in [0.05, 0.1) is 17.0 Å². The van der Waals surface area contributed by atoms with Gasteiger partial charge in [0.2, 0.25) is 0 Å². The van der Waals surface area contributed by atoms with Crippen LogP contribution in [0, 0.1) is 6.92 Å². The zero-order chi connectivity index (χ0) is 21.0.